The molecule has 0 N–H and O–H groups in total. The second-order valence-electron chi connectivity index (χ2n) is 6.18. The lowest BCUT2D eigenvalue weighted by molar-refractivity contribution is -0.119. The van der Waals surface area contributed by atoms with Crippen molar-refractivity contribution < 1.29 is 9.22 Å². The maximum absolute atomic E-state index is 10.8. The van der Waals surface area contributed by atoms with E-state index in [0.717, 1.165) is 13.0 Å². The Morgan fingerprint density at radius 2 is 1.94 bits per heavy atom. The van der Waals surface area contributed by atoms with Gasteiger partial charge in [-0.1, -0.05) is 20.8 Å². The first-order chi connectivity index (χ1) is 7.28. The summed E-state index contributed by atoms with van der Waals surface area (Å²) in [5.41, 5.74) is 0. The van der Waals surface area contributed by atoms with Gasteiger partial charge in [0.2, 0.25) is 6.41 Å². The Hall–Kier alpha value is -0.353. The zero-order chi connectivity index (χ0) is 12.4. The molecule has 4 heteroatoms. The molecule has 0 aromatic heterocycles. The van der Waals surface area contributed by atoms with Crippen molar-refractivity contribution in [2.75, 3.05) is 13.2 Å². The number of carbonyl (C=O) groups is 1. The maximum atomic E-state index is 10.8. The zero-order valence-corrected chi connectivity index (χ0v) is 12.2. The second kappa shape index (κ2) is 4.88. The van der Waals surface area contributed by atoms with Gasteiger partial charge in [0.05, 0.1) is 6.61 Å². The molecule has 3 nitrogen and oxygen atoms in total. The van der Waals surface area contributed by atoms with Crippen LogP contribution in [0.15, 0.2) is 0 Å². The molecule has 16 heavy (non-hydrogen) atoms. The van der Waals surface area contributed by atoms with Gasteiger partial charge in [-0.15, -0.1) is 0 Å². The summed E-state index contributed by atoms with van der Waals surface area (Å²) >= 11 is 0. The van der Waals surface area contributed by atoms with Crippen LogP contribution in [0, 0.1) is 0 Å². The Kier molecular flexibility index (Phi) is 4.18. The Morgan fingerprint density at radius 1 is 1.38 bits per heavy atom. The fourth-order valence-electron chi connectivity index (χ4n) is 1.35. The van der Waals surface area contributed by atoms with Crippen molar-refractivity contribution in [2.24, 2.45) is 0 Å². The summed E-state index contributed by atoms with van der Waals surface area (Å²) in [7, 11) is -1.64. The third kappa shape index (κ3) is 3.59. The summed E-state index contributed by atoms with van der Waals surface area (Å²) < 4.78 is 6.04. The van der Waals surface area contributed by atoms with E-state index in [-0.39, 0.29) is 5.04 Å². The van der Waals surface area contributed by atoms with E-state index in [4.69, 9.17) is 4.43 Å². The van der Waals surface area contributed by atoms with Crippen LogP contribution in [0.4, 0.5) is 0 Å². The molecule has 0 radical (unpaired) electrons. The molecule has 1 amide bonds. The number of nitrogens with zero attached hydrogens (tertiary/aromatic N) is 1. The molecule has 0 heterocycles. The lowest BCUT2D eigenvalue weighted by Gasteiger charge is -2.36. The van der Waals surface area contributed by atoms with Gasteiger partial charge in [-0.2, -0.15) is 0 Å². The number of rotatable bonds is 6. The highest BCUT2D eigenvalue weighted by Crippen LogP contribution is 2.36. The van der Waals surface area contributed by atoms with E-state index in [0.29, 0.717) is 12.6 Å². The standard InChI is InChI=1S/C12H25NO2Si/c1-12(2,3)16(4,5)15-9-8-13(10-14)11-6-7-11/h10-11H,6-9H2,1-5H3. The minimum absolute atomic E-state index is 0.249. The SMILES string of the molecule is CC(C)(C)[Si](C)(C)OCCN(C=O)C1CC1. The minimum atomic E-state index is -1.64. The first-order valence-corrected chi connectivity index (χ1v) is 9.04. The minimum Gasteiger partial charge on any atom is -0.415 e. The summed E-state index contributed by atoms with van der Waals surface area (Å²) in [5.74, 6) is 0. The van der Waals surface area contributed by atoms with Crippen molar-refractivity contribution >= 4 is 14.7 Å². The summed E-state index contributed by atoms with van der Waals surface area (Å²) in [4.78, 5) is 12.7. The summed E-state index contributed by atoms with van der Waals surface area (Å²) in [6.07, 6.45) is 3.30. The second-order valence-corrected chi connectivity index (χ2v) is 11.0. The van der Waals surface area contributed by atoms with Crippen LogP contribution < -0.4 is 0 Å². The van der Waals surface area contributed by atoms with Crippen LogP contribution in [0.3, 0.4) is 0 Å². The van der Waals surface area contributed by atoms with Gasteiger partial charge in [0.15, 0.2) is 8.32 Å². The van der Waals surface area contributed by atoms with Crippen molar-refractivity contribution in [3.63, 3.8) is 0 Å². The topological polar surface area (TPSA) is 29.5 Å². The van der Waals surface area contributed by atoms with Crippen LogP contribution in [0.2, 0.25) is 18.1 Å². The van der Waals surface area contributed by atoms with Gasteiger partial charge < -0.3 is 9.33 Å². The van der Waals surface area contributed by atoms with E-state index in [2.05, 4.69) is 33.9 Å². The average Bonchev–Trinajstić information content (AvgIpc) is 2.93. The number of carbonyl (C=O) groups excluding carboxylic acids is 1. The molecular weight excluding hydrogens is 218 g/mol. The maximum Gasteiger partial charge on any atom is 0.210 e. The van der Waals surface area contributed by atoms with E-state index in [1.165, 1.54) is 12.8 Å². The van der Waals surface area contributed by atoms with E-state index >= 15 is 0 Å². The van der Waals surface area contributed by atoms with Crippen molar-refractivity contribution in [1.29, 1.82) is 0 Å². The Morgan fingerprint density at radius 3 is 2.31 bits per heavy atom. The Bertz CT molecular complexity index is 244. The first-order valence-electron chi connectivity index (χ1n) is 6.13. The van der Waals surface area contributed by atoms with Crippen LogP contribution in [-0.4, -0.2) is 38.8 Å². The van der Waals surface area contributed by atoms with Crippen LogP contribution in [0.1, 0.15) is 33.6 Å². The van der Waals surface area contributed by atoms with Crippen molar-refractivity contribution in [2.45, 2.75) is 57.8 Å². The molecule has 1 aliphatic carbocycles. The molecule has 0 aliphatic heterocycles. The van der Waals surface area contributed by atoms with E-state index in [1.54, 1.807) is 0 Å². The molecule has 1 aliphatic rings. The predicted molar refractivity (Wildman–Crippen MR) is 68.9 cm³/mol. The molecule has 1 fully saturated rings. The van der Waals surface area contributed by atoms with E-state index < -0.39 is 8.32 Å². The lowest BCUT2D eigenvalue weighted by Crippen LogP contribution is -2.42. The number of hydrogen-bond acceptors (Lipinski definition) is 2. The van der Waals surface area contributed by atoms with Crippen LogP contribution in [0.5, 0.6) is 0 Å². The third-order valence-corrected chi connectivity index (χ3v) is 8.31. The highest BCUT2D eigenvalue weighted by molar-refractivity contribution is 6.74. The lowest BCUT2D eigenvalue weighted by atomic mass is 10.2. The van der Waals surface area contributed by atoms with Crippen LogP contribution in [-0.2, 0) is 9.22 Å². The zero-order valence-electron chi connectivity index (χ0n) is 11.2. The van der Waals surface area contributed by atoms with Crippen molar-refractivity contribution in [1.82, 2.24) is 4.90 Å². The van der Waals surface area contributed by atoms with Gasteiger partial charge >= 0.3 is 0 Å². The smallest absolute Gasteiger partial charge is 0.210 e. The molecule has 0 aromatic rings. The molecule has 0 aromatic carbocycles. The normalized spacial score (nSPS) is 17.3. The summed E-state index contributed by atoms with van der Waals surface area (Å²) in [6, 6.07) is 0.500. The highest BCUT2D eigenvalue weighted by atomic mass is 28.4. The summed E-state index contributed by atoms with van der Waals surface area (Å²) in [6.45, 7) is 12.6. The Balaban J connectivity index is 2.31. The fraction of sp³-hybridized carbons (Fsp3) is 0.917. The molecule has 0 bridgehead atoms. The molecule has 1 rings (SSSR count). The van der Waals surface area contributed by atoms with Gasteiger partial charge in [0, 0.05) is 12.6 Å². The predicted octanol–water partition coefficient (Wildman–Crippen LogP) is 2.63. The first kappa shape index (κ1) is 13.7. The average molecular weight is 243 g/mol. The van der Waals surface area contributed by atoms with Gasteiger partial charge in [-0.05, 0) is 31.0 Å². The summed E-state index contributed by atoms with van der Waals surface area (Å²) in [5, 5.41) is 0.249. The monoisotopic (exact) mass is 243 g/mol. The van der Waals surface area contributed by atoms with Crippen LogP contribution in [0.25, 0.3) is 0 Å². The molecule has 0 spiro atoms. The largest absolute Gasteiger partial charge is 0.415 e. The third-order valence-electron chi connectivity index (χ3n) is 3.77. The molecule has 0 unspecified atom stereocenters. The fourth-order valence-corrected chi connectivity index (χ4v) is 2.38. The number of amides is 1. The van der Waals surface area contributed by atoms with E-state index in [1.807, 2.05) is 4.90 Å². The van der Waals surface area contributed by atoms with Gasteiger partial charge in [0.1, 0.15) is 0 Å². The molecule has 94 valence electrons. The number of hydrogen-bond donors (Lipinski definition) is 0. The van der Waals surface area contributed by atoms with Gasteiger partial charge in [-0.3, -0.25) is 4.79 Å². The van der Waals surface area contributed by atoms with Crippen molar-refractivity contribution in [3.8, 4) is 0 Å². The van der Waals surface area contributed by atoms with Gasteiger partial charge in [-0.25, -0.2) is 0 Å². The molecule has 1 saturated carbocycles. The Labute approximate surface area is 100 Å². The molecule has 0 saturated heterocycles. The van der Waals surface area contributed by atoms with Gasteiger partial charge in [0.25, 0.3) is 0 Å². The quantitative estimate of drug-likeness (QED) is 0.530. The van der Waals surface area contributed by atoms with Crippen molar-refractivity contribution in [3.05, 3.63) is 0 Å². The van der Waals surface area contributed by atoms with E-state index in [9.17, 15) is 4.79 Å². The van der Waals surface area contributed by atoms with Crippen LogP contribution >= 0.6 is 0 Å². The highest BCUT2D eigenvalue weighted by Gasteiger charge is 2.37. The molecular formula is C12H25NO2Si. The molecule has 0 atom stereocenters.